The van der Waals surface area contributed by atoms with Crippen molar-refractivity contribution < 1.29 is 14.6 Å². The predicted molar refractivity (Wildman–Crippen MR) is 56.7 cm³/mol. The van der Waals surface area contributed by atoms with Crippen LogP contribution < -0.4 is 4.74 Å². The van der Waals surface area contributed by atoms with Crippen molar-refractivity contribution in [1.82, 2.24) is 0 Å². The number of ether oxygens (including phenoxy) is 1. The van der Waals surface area contributed by atoms with Crippen LogP contribution in [-0.4, -0.2) is 18.2 Å². The number of hydrogen-bond acceptors (Lipinski definition) is 2. The van der Waals surface area contributed by atoms with Crippen molar-refractivity contribution in [2.45, 2.75) is 12.8 Å². The molecule has 0 aliphatic heterocycles. The summed E-state index contributed by atoms with van der Waals surface area (Å²) in [5.74, 6) is -0.827. The third-order valence-electron chi connectivity index (χ3n) is 2.03. The average molecular weight is 259 g/mol. The maximum Gasteiger partial charge on any atom is 0.310 e. The molecule has 0 heterocycles. The van der Waals surface area contributed by atoms with Crippen molar-refractivity contribution in [3.8, 4) is 5.75 Å². The Hall–Kier alpha value is -1.03. The van der Waals surface area contributed by atoms with E-state index in [1.54, 1.807) is 19.1 Å². The average Bonchev–Trinajstić information content (AvgIpc) is 2.16. The van der Waals surface area contributed by atoms with E-state index in [4.69, 9.17) is 9.84 Å². The van der Waals surface area contributed by atoms with Crippen molar-refractivity contribution >= 4 is 21.9 Å². The minimum atomic E-state index is -0.860. The molecule has 14 heavy (non-hydrogen) atoms. The molecule has 0 amide bonds. The molecular weight excluding hydrogens is 248 g/mol. The molecule has 0 bridgehead atoms. The third kappa shape index (κ3) is 2.26. The molecule has 1 atom stereocenters. The Bertz CT molecular complexity index is 349. The SMILES string of the molecule is COc1ccc(Br)cc1[C@H](C)C(=O)O. The van der Waals surface area contributed by atoms with Crippen molar-refractivity contribution in [1.29, 1.82) is 0 Å². The lowest BCUT2D eigenvalue weighted by atomic mass is 10.0. The van der Waals surface area contributed by atoms with Gasteiger partial charge in [0.1, 0.15) is 5.75 Å². The second-order valence-corrected chi connectivity index (χ2v) is 3.86. The van der Waals surface area contributed by atoms with Gasteiger partial charge in [0.05, 0.1) is 13.0 Å². The molecule has 0 radical (unpaired) electrons. The third-order valence-corrected chi connectivity index (χ3v) is 2.52. The van der Waals surface area contributed by atoms with Crippen LogP contribution in [0.2, 0.25) is 0 Å². The van der Waals surface area contributed by atoms with E-state index < -0.39 is 11.9 Å². The summed E-state index contributed by atoms with van der Waals surface area (Å²) in [6.45, 7) is 1.63. The molecule has 4 heteroatoms. The van der Waals surface area contributed by atoms with E-state index in [1.165, 1.54) is 7.11 Å². The second-order valence-electron chi connectivity index (χ2n) is 2.95. The maximum atomic E-state index is 10.8. The molecule has 0 fully saturated rings. The van der Waals surface area contributed by atoms with E-state index in [-0.39, 0.29) is 0 Å². The van der Waals surface area contributed by atoms with Crippen LogP contribution in [0.4, 0.5) is 0 Å². The van der Waals surface area contributed by atoms with E-state index in [1.807, 2.05) is 6.07 Å². The van der Waals surface area contributed by atoms with Crippen molar-refractivity contribution in [2.24, 2.45) is 0 Å². The first kappa shape index (κ1) is 11.0. The van der Waals surface area contributed by atoms with Crippen LogP contribution in [0, 0.1) is 0 Å². The minimum Gasteiger partial charge on any atom is -0.496 e. The van der Waals surface area contributed by atoms with Crippen molar-refractivity contribution in [3.05, 3.63) is 28.2 Å². The zero-order valence-electron chi connectivity index (χ0n) is 7.95. The smallest absolute Gasteiger partial charge is 0.310 e. The molecule has 0 aromatic heterocycles. The number of methoxy groups -OCH3 is 1. The fraction of sp³-hybridized carbons (Fsp3) is 0.300. The first-order chi connectivity index (χ1) is 6.56. The molecule has 76 valence electrons. The molecule has 1 N–H and O–H groups in total. The summed E-state index contributed by atoms with van der Waals surface area (Å²) < 4.78 is 5.94. The Morgan fingerprint density at radius 1 is 1.57 bits per heavy atom. The lowest BCUT2D eigenvalue weighted by Crippen LogP contribution is -2.08. The van der Waals surface area contributed by atoms with E-state index >= 15 is 0 Å². The Labute approximate surface area is 90.8 Å². The van der Waals surface area contributed by atoms with E-state index in [0.717, 1.165) is 4.47 Å². The summed E-state index contributed by atoms with van der Waals surface area (Å²) in [4.78, 5) is 10.8. The summed E-state index contributed by atoms with van der Waals surface area (Å²) in [5, 5.41) is 8.88. The molecule has 0 saturated heterocycles. The molecular formula is C10H11BrO3. The lowest BCUT2D eigenvalue weighted by molar-refractivity contribution is -0.138. The van der Waals surface area contributed by atoms with Gasteiger partial charge in [0.15, 0.2) is 0 Å². The predicted octanol–water partition coefficient (Wildman–Crippen LogP) is 2.65. The van der Waals surface area contributed by atoms with Gasteiger partial charge in [-0.25, -0.2) is 0 Å². The van der Waals surface area contributed by atoms with Gasteiger partial charge in [-0.05, 0) is 25.1 Å². The van der Waals surface area contributed by atoms with Gasteiger partial charge < -0.3 is 9.84 Å². The quantitative estimate of drug-likeness (QED) is 0.907. The van der Waals surface area contributed by atoms with Crippen molar-refractivity contribution in [3.63, 3.8) is 0 Å². The lowest BCUT2D eigenvalue weighted by Gasteiger charge is -2.12. The number of carbonyl (C=O) groups is 1. The van der Waals surface area contributed by atoms with Crippen LogP contribution in [0.5, 0.6) is 5.75 Å². The first-order valence-electron chi connectivity index (χ1n) is 4.12. The summed E-state index contributed by atoms with van der Waals surface area (Å²) in [7, 11) is 1.53. The van der Waals surface area contributed by atoms with Crippen LogP contribution in [0.3, 0.4) is 0 Å². The number of carboxylic acids is 1. The Morgan fingerprint density at radius 3 is 2.71 bits per heavy atom. The number of rotatable bonds is 3. The molecule has 0 saturated carbocycles. The molecule has 0 aliphatic carbocycles. The Morgan fingerprint density at radius 2 is 2.21 bits per heavy atom. The second kappa shape index (κ2) is 4.46. The summed E-state index contributed by atoms with van der Waals surface area (Å²) >= 11 is 3.29. The number of aliphatic carboxylic acids is 1. The maximum absolute atomic E-state index is 10.8. The highest BCUT2D eigenvalue weighted by Crippen LogP contribution is 2.29. The van der Waals surface area contributed by atoms with Crippen LogP contribution >= 0.6 is 15.9 Å². The number of hydrogen-bond donors (Lipinski definition) is 1. The van der Waals surface area contributed by atoms with Crippen LogP contribution in [0.1, 0.15) is 18.4 Å². The van der Waals surface area contributed by atoms with Gasteiger partial charge in [-0.15, -0.1) is 0 Å². The zero-order valence-corrected chi connectivity index (χ0v) is 9.54. The van der Waals surface area contributed by atoms with Gasteiger partial charge in [-0.3, -0.25) is 4.79 Å². The molecule has 1 aromatic rings. The van der Waals surface area contributed by atoms with E-state index in [0.29, 0.717) is 11.3 Å². The molecule has 1 rings (SSSR count). The first-order valence-corrected chi connectivity index (χ1v) is 4.91. The van der Waals surface area contributed by atoms with Crippen LogP contribution in [0.15, 0.2) is 22.7 Å². The fourth-order valence-electron chi connectivity index (χ4n) is 1.18. The standard InChI is InChI=1S/C10H11BrO3/c1-6(10(12)13)8-5-7(11)3-4-9(8)14-2/h3-6H,1-2H3,(H,12,13)/t6-/m0/s1. The summed E-state index contributed by atoms with van der Waals surface area (Å²) in [5.41, 5.74) is 0.675. The monoisotopic (exact) mass is 258 g/mol. The zero-order chi connectivity index (χ0) is 10.7. The molecule has 0 unspecified atom stereocenters. The summed E-state index contributed by atoms with van der Waals surface area (Å²) in [6.07, 6.45) is 0. The van der Waals surface area contributed by atoms with Crippen molar-refractivity contribution in [2.75, 3.05) is 7.11 Å². The van der Waals surface area contributed by atoms with Gasteiger partial charge in [0, 0.05) is 10.0 Å². The number of carboxylic acid groups (broad SMARTS) is 1. The van der Waals surface area contributed by atoms with Gasteiger partial charge in [-0.1, -0.05) is 15.9 Å². The highest BCUT2D eigenvalue weighted by molar-refractivity contribution is 9.10. The highest BCUT2D eigenvalue weighted by Gasteiger charge is 2.18. The number of halogens is 1. The van der Waals surface area contributed by atoms with E-state index in [9.17, 15) is 4.79 Å². The van der Waals surface area contributed by atoms with Crippen LogP contribution in [-0.2, 0) is 4.79 Å². The topological polar surface area (TPSA) is 46.5 Å². The fourth-order valence-corrected chi connectivity index (χ4v) is 1.56. The Kier molecular flexibility index (Phi) is 3.52. The molecule has 0 aliphatic rings. The number of benzene rings is 1. The molecule has 1 aromatic carbocycles. The van der Waals surface area contributed by atoms with Crippen LogP contribution in [0.25, 0.3) is 0 Å². The normalized spacial score (nSPS) is 12.2. The highest BCUT2D eigenvalue weighted by atomic mass is 79.9. The molecule has 3 nitrogen and oxygen atoms in total. The van der Waals surface area contributed by atoms with Gasteiger partial charge in [0.2, 0.25) is 0 Å². The van der Waals surface area contributed by atoms with Gasteiger partial charge >= 0.3 is 5.97 Å². The van der Waals surface area contributed by atoms with Gasteiger partial charge in [0.25, 0.3) is 0 Å². The summed E-state index contributed by atoms with van der Waals surface area (Å²) in [6, 6.07) is 5.33. The Balaban J connectivity index is 3.16. The van der Waals surface area contributed by atoms with E-state index in [2.05, 4.69) is 15.9 Å². The largest absolute Gasteiger partial charge is 0.496 e. The molecule has 0 spiro atoms. The van der Waals surface area contributed by atoms with Gasteiger partial charge in [-0.2, -0.15) is 0 Å². The minimum absolute atomic E-state index is 0.567.